The quantitative estimate of drug-likeness (QED) is 0.640. The van der Waals surface area contributed by atoms with Crippen LogP contribution in [0.15, 0.2) is 40.9 Å². The summed E-state index contributed by atoms with van der Waals surface area (Å²) in [6.45, 7) is 2.10. The number of hydrogen-bond acceptors (Lipinski definition) is 2. The largest absolute Gasteiger partial charge is 0.505 e. The van der Waals surface area contributed by atoms with Crippen LogP contribution in [0.25, 0.3) is 0 Å². The summed E-state index contributed by atoms with van der Waals surface area (Å²) in [5.74, 6) is -0.0885. The lowest BCUT2D eigenvalue weighted by Crippen LogP contribution is -2.09. The fraction of sp³-hybridized carbons (Fsp3) is 0.200. The molecule has 0 amide bonds. The Bertz CT molecular complexity index is 596. The van der Waals surface area contributed by atoms with Gasteiger partial charge in [-0.25, -0.2) is 0 Å². The molecule has 2 N–H and O–H groups in total. The van der Waals surface area contributed by atoms with Crippen molar-refractivity contribution in [3.05, 3.63) is 56.5 Å². The van der Waals surface area contributed by atoms with Gasteiger partial charge in [0, 0.05) is 10.2 Å². The summed E-state index contributed by atoms with van der Waals surface area (Å²) in [4.78, 5) is 0. The smallest absolute Gasteiger partial charge is 0.152 e. The first-order valence-corrected chi connectivity index (χ1v) is 7.76. The van der Waals surface area contributed by atoms with Crippen molar-refractivity contribution in [1.29, 1.82) is 0 Å². The number of anilines is 1. The zero-order valence-corrected chi connectivity index (χ0v) is 13.9. The first-order valence-electron chi connectivity index (χ1n) is 6.21. The zero-order chi connectivity index (χ0) is 14.7. The summed E-state index contributed by atoms with van der Waals surface area (Å²) in [6.07, 6.45) is 0.909. The molecule has 0 radical (unpaired) electrons. The predicted molar refractivity (Wildman–Crippen MR) is 88.9 cm³/mol. The molecule has 0 aromatic heterocycles. The van der Waals surface area contributed by atoms with Crippen LogP contribution in [-0.2, 0) is 0 Å². The molecule has 0 heterocycles. The third-order valence-corrected chi connectivity index (χ3v) is 4.09. The van der Waals surface area contributed by atoms with E-state index in [1.165, 1.54) is 5.56 Å². The Morgan fingerprint density at radius 2 is 1.85 bits per heavy atom. The summed E-state index contributed by atoms with van der Waals surface area (Å²) in [5, 5.41) is 13.4. The van der Waals surface area contributed by atoms with Crippen LogP contribution in [0.3, 0.4) is 0 Å². The molecule has 0 spiro atoms. The normalized spacial score (nSPS) is 12.2. The number of hydrogen-bond donors (Lipinski definition) is 2. The Morgan fingerprint density at radius 3 is 2.40 bits per heavy atom. The van der Waals surface area contributed by atoms with E-state index < -0.39 is 0 Å². The van der Waals surface area contributed by atoms with Gasteiger partial charge in [0.1, 0.15) is 0 Å². The van der Waals surface area contributed by atoms with Crippen LogP contribution < -0.4 is 5.32 Å². The summed E-state index contributed by atoms with van der Waals surface area (Å²) in [7, 11) is 0. The summed E-state index contributed by atoms with van der Waals surface area (Å²) >= 11 is 15.3. The number of halogens is 3. The van der Waals surface area contributed by atoms with E-state index in [0.29, 0.717) is 0 Å². The van der Waals surface area contributed by atoms with Crippen molar-refractivity contribution >= 4 is 44.8 Å². The highest BCUT2D eigenvalue weighted by atomic mass is 79.9. The van der Waals surface area contributed by atoms with Crippen molar-refractivity contribution < 1.29 is 5.11 Å². The number of phenols is 1. The van der Waals surface area contributed by atoms with Crippen LogP contribution in [0, 0.1) is 0 Å². The minimum Gasteiger partial charge on any atom is -0.505 e. The maximum Gasteiger partial charge on any atom is 0.152 e. The molecule has 2 aromatic rings. The topological polar surface area (TPSA) is 32.3 Å². The minimum absolute atomic E-state index is 0.0885. The van der Waals surface area contributed by atoms with Crippen molar-refractivity contribution in [3.8, 4) is 5.75 Å². The first kappa shape index (κ1) is 15.5. The van der Waals surface area contributed by atoms with Gasteiger partial charge in [0.2, 0.25) is 0 Å². The molecule has 20 heavy (non-hydrogen) atoms. The average molecular weight is 375 g/mol. The number of rotatable bonds is 4. The molecule has 0 aliphatic heterocycles. The van der Waals surface area contributed by atoms with E-state index in [1.54, 1.807) is 12.1 Å². The van der Waals surface area contributed by atoms with Gasteiger partial charge in [-0.3, -0.25) is 0 Å². The van der Waals surface area contributed by atoms with Crippen LogP contribution in [0.1, 0.15) is 24.9 Å². The molecule has 0 saturated heterocycles. The highest BCUT2D eigenvalue weighted by molar-refractivity contribution is 9.10. The van der Waals surface area contributed by atoms with E-state index in [0.717, 1.165) is 16.6 Å². The average Bonchev–Trinajstić information content (AvgIpc) is 2.42. The molecule has 1 atom stereocenters. The van der Waals surface area contributed by atoms with Gasteiger partial charge in [-0.2, -0.15) is 0 Å². The van der Waals surface area contributed by atoms with Crippen LogP contribution in [0.5, 0.6) is 5.75 Å². The molecule has 0 aliphatic carbocycles. The van der Waals surface area contributed by atoms with Gasteiger partial charge < -0.3 is 10.4 Å². The molecular formula is C15H14BrCl2NO. The summed E-state index contributed by atoms with van der Waals surface area (Å²) < 4.78 is 1.04. The maximum absolute atomic E-state index is 9.58. The van der Waals surface area contributed by atoms with E-state index in [-0.39, 0.29) is 21.8 Å². The molecule has 0 aliphatic rings. The number of benzene rings is 2. The zero-order valence-electron chi connectivity index (χ0n) is 10.8. The molecule has 5 heteroatoms. The first-order chi connectivity index (χ1) is 9.51. The van der Waals surface area contributed by atoms with Crippen molar-refractivity contribution in [3.63, 3.8) is 0 Å². The van der Waals surface area contributed by atoms with Gasteiger partial charge >= 0.3 is 0 Å². The Kier molecular flexibility index (Phi) is 5.19. The molecule has 0 bridgehead atoms. The Morgan fingerprint density at radius 1 is 1.20 bits per heavy atom. The second-order valence-electron chi connectivity index (χ2n) is 4.45. The van der Waals surface area contributed by atoms with Crippen LogP contribution in [-0.4, -0.2) is 5.11 Å². The van der Waals surface area contributed by atoms with E-state index in [2.05, 4.69) is 40.3 Å². The summed E-state index contributed by atoms with van der Waals surface area (Å²) in [6, 6.07) is 11.6. The Hall–Kier alpha value is -0.900. The fourth-order valence-corrected chi connectivity index (χ4v) is 2.90. The van der Waals surface area contributed by atoms with Crippen LogP contribution in [0.2, 0.25) is 10.0 Å². The second-order valence-corrected chi connectivity index (χ2v) is 6.18. The highest BCUT2D eigenvalue weighted by Gasteiger charge is 2.12. The molecule has 106 valence electrons. The van der Waals surface area contributed by atoms with E-state index in [4.69, 9.17) is 23.2 Å². The van der Waals surface area contributed by atoms with Crippen molar-refractivity contribution in [2.75, 3.05) is 5.32 Å². The van der Waals surface area contributed by atoms with Gasteiger partial charge in [-0.05, 0) is 36.2 Å². The fourth-order valence-electron chi connectivity index (χ4n) is 1.99. The minimum atomic E-state index is -0.0885. The van der Waals surface area contributed by atoms with Crippen LogP contribution >= 0.6 is 39.1 Å². The van der Waals surface area contributed by atoms with Crippen molar-refractivity contribution in [1.82, 2.24) is 0 Å². The lowest BCUT2D eigenvalue weighted by atomic mass is 10.0. The molecule has 2 aromatic carbocycles. The lowest BCUT2D eigenvalue weighted by molar-refractivity contribution is 0.476. The summed E-state index contributed by atoms with van der Waals surface area (Å²) in [5.41, 5.74) is 1.95. The third kappa shape index (κ3) is 3.60. The van der Waals surface area contributed by atoms with Crippen LogP contribution in [0.4, 0.5) is 5.69 Å². The molecule has 1 unspecified atom stereocenters. The van der Waals surface area contributed by atoms with Crippen molar-refractivity contribution in [2.45, 2.75) is 19.4 Å². The lowest BCUT2D eigenvalue weighted by Gasteiger charge is -2.19. The van der Waals surface area contributed by atoms with Gasteiger partial charge in [0.05, 0.1) is 16.1 Å². The second kappa shape index (κ2) is 6.70. The van der Waals surface area contributed by atoms with E-state index in [9.17, 15) is 5.11 Å². The number of aromatic hydroxyl groups is 1. The third-order valence-electron chi connectivity index (χ3n) is 3.02. The molecule has 0 fully saturated rings. The Balaban J connectivity index is 2.27. The Labute approximate surface area is 136 Å². The van der Waals surface area contributed by atoms with E-state index in [1.807, 2.05) is 12.1 Å². The SMILES string of the molecule is CCC(Nc1cc(Cl)c(O)c(Cl)c1)c1cccc(Br)c1. The van der Waals surface area contributed by atoms with Crippen molar-refractivity contribution in [2.24, 2.45) is 0 Å². The maximum atomic E-state index is 9.58. The molecule has 2 rings (SSSR count). The van der Waals surface area contributed by atoms with Gasteiger partial charge in [0.15, 0.2) is 5.75 Å². The number of nitrogens with one attached hydrogen (secondary N) is 1. The molecular weight excluding hydrogens is 361 g/mol. The standard InChI is InChI=1S/C15H14BrCl2NO/c1-2-14(9-4-3-5-10(16)6-9)19-11-7-12(17)15(20)13(18)8-11/h3-8,14,19-20H,2H2,1H3. The van der Waals surface area contributed by atoms with Gasteiger partial charge in [-0.15, -0.1) is 0 Å². The number of phenolic OH excluding ortho intramolecular Hbond substituents is 1. The van der Waals surface area contributed by atoms with E-state index >= 15 is 0 Å². The molecule has 2 nitrogen and oxygen atoms in total. The monoisotopic (exact) mass is 373 g/mol. The van der Waals surface area contributed by atoms with Gasteiger partial charge in [-0.1, -0.05) is 58.2 Å². The van der Waals surface area contributed by atoms with Gasteiger partial charge in [0.25, 0.3) is 0 Å². The predicted octanol–water partition coefficient (Wildman–Crippen LogP) is 6.02. The highest BCUT2D eigenvalue weighted by Crippen LogP contribution is 2.36. The molecule has 0 saturated carbocycles.